The zero-order chi connectivity index (χ0) is 13.9. The highest BCUT2D eigenvalue weighted by molar-refractivity contribution is 5.88. The Balaban J connectivity index is 1.93. The van der Waals surface area contributed by atoms with Crippen molar-refractivity contribution in [2.45, 2.75) is 31.8 Å². The summed E-state index contributed by atoms with van der Waals surface area (Å²) in [6.07, 6.45) is 4.83. The van der Waals surface area contributed by atoms with E-state index < -0.39 is 0 Å². The van der Waals surface area contributed by atoms with Gasteiger partial charge in [0.25, 0.3) is 0 Å². The molecule has 1 saturated heterocycles. The average molecular weight is 274 g/mol. The van der Waals surface area contributed by atoms with E-state index in [0.29, 0.717) is 6.42 Å². The van der Waals surface area contributed by atoms with E-state index >= 15 is 0 Å². The third-order valence-corrected chi connectivity index (χ3v) is 3.93. The number of hydrogen-bond donors (Lipinski definition) is 2. The van der Waals surface area contributed by atoms with Crippen LogP contribution in [0, 0.1) is 5.92 Å². The summed E-state index contributed by atoms with van der Waals surface area (Å²) in [6.45, 7) is 2.08. The number of nitrogens with zero attached hydrogens (tertiary/aromatic N) is 1. The van der Waals surface area contributed by atoms with Crippen molar-refractivity contribution in [3.05, 3.63) is 48.3 Å². The molecule has 0 amide bonds. The third kappa shape index (κ3) is 2.25. The average Bonchev–Trinajstić information content (AvgIpc) is 3.18. The van der Waals surface area contributed by atoms with Crippen molar-refractivity contribution in [1.82, 2.24) is 5.32 Å². The predicted octanol–water partition coefficient (Wildman–Crippen LogP) is 3.50. The number of furan rings is 2. The van der Waals surface area contributed by atoms with Crippen LogP contribution in [0.4, 0.5) is 0 Å². The standard InChI is InChI=1S/C15H18N2O3/c1-2-10-11(17-18)9-12(13-5-3-7-19-13)16-15(10)14-6-4-8-20-14/h3-8,10,12,15-16,18H,2,9H2,1H3/b17-11+/t10-,12-,15+/m0/s1. The maximum atomic E-state index is 9.32. The van der Waals surface area contributed by atoms with Gasteiger partial charge in [0.15, 0.2) is 0 Å². The van der Waals surface area contributed by atoms with Crippen molar-refractivity contribution in [2.75, 3.05) is 0 Å². The topological polar surface area (TPSA) is 70.9 Å². The Bertz CT molecular complexity index is 560. The summed E-state index contributed by atoms with van der Waals surface area (Å²) in [5.41, 5.74) is 0.786. The molecule has 1 fully saturated rings. The molecule has 0 spiro atoms. The molecule has 3 atom stereocenters. The molecule has 2 aromatic heterocycles. The molecule has 0 unspecified atom stereocenters. The fraction of sp³-hybridized carbons (Fsp3) is 0.400. The van der Waals surface area contributed by atoms with Gasteiger partial charge in [0.05, 0.1) is 30.3 Å². The molecule has 1 aliphatic rings. The first kappa shape index (κ1) is 13.0. The molecule has 0 bridgehead atoms. The summed E-state index contributed by atoms with van der Waals surface area (Å²) in [6, 6.07) is 7.59. The summed E-state index contributed by atoms with van der Waals surface area (Å²) < 4.78 is 11.0. The second-order valence-corrected chi connectivity index (χ2v) is 5.04. The van der Waals surface area contributed by atoms with E-state index in [9.17, 15) is 5.21 Å². The monoisotopic (exact) mass is 274 g/mol. The van der Waals surface area contributed by atoms with Crippen LogP contribution in [0.25, 0.3) is 0 Å². The van der Waals surface area contributed by atoms with Gasteiger partial charge in [0.1, 0.15) is 11.5 Å². The second kappa shape index (κ2) is 5.54. The molecule has 20 heavy (non-hydrogen) atoms. The predicted molar refractivity (Wildman–Crippen MR) is 73.7 cm³/mol. The SMILES string of the molecule is CC[C@H]1/C(=N/O)C[C@@H](c2ccco2)N[C@H]1c1ccco1. The van der Waals surface area contributed by atoms with Crippen LogP contribution in [0.15, 0.2) is 50.8 Å². The number of nitrogens with one attached hydrogen (secondary N) is 1. The van der Waals surface area contributed by atoms with Gasteiger partial charge in [0.2, 0.25) is 0 Å². The van der Waals surface area contributed by atoms with Crippen LogP contribution >= 0.6 is 0 Å². The van der Waals surface area contributed by atoms with Crippen LogP contribution in [-0.2, 0) is 0 Å². The van der Waals surface area contributed by atoms with Crippen molar-refractivity contribution in [1.29, 1.82) is 0 Å². The Kier molecular flexibility index (Phi) is 3.60. The zero-order valence-corrected chi connectivity index (χ0v) is 11.3. The van der Waals surface area contributed by atoms with Crippen molar-refractivity contribution in [2.24, 2.45) is 11.1 Å². The summed E-state index contributed by atoms with van der Waals surface area (Å²) in [7, 11) is 0. The first-order valence-corrected chi connectivity index (χ1v) is 6.87. The summed E-state index contributed by atoms with van der Waals surface area (Å²) in [4.78, 5) is 0. The van der Waals surface area contributed by atoms with Crippen molar-refractivity contribution >= 4 is 5.71 Å². The fourth-order valence-electron chi connectivity index (χ4n) is 2.95. The van der Waals surface area contributed by atoms with Gasteiger partial charge in [-0.05, 0) is 30.7 Å². The Labute approximate surface area is 117 Å². The largest absolute Gasteiger partial charge is 0.468 e. The third-order valence-electron chi connectivity index (χ3n) is 3.93. The molecule has 3 rings (SSSR count). The first-order valence-electron chi connectivity index (χ1n) is 6.87. The normalized spacial score (nSPS) is 28.9. The molecule has 1 aliphatic heterocycles. The Morgan fingerprint density at radius 2 is 1.95 bits per heavy atom. The number of piperidine rings is 1. The van der Waals surface area contributed by atoms with Crippen molar-refractivity contribution < 1.29 is 14.0 Å². The van der Waals surface area contributed by atoms with Gasteiger partial charge in [-0.1, -0.05) is 12.1 Å². The molecule has 3 heterocycles. The van der Waals surface area contributed by atoms with Crippen LogP contribution < -0.4 is 5.32 Å². The second-order valence-electron chi connectivity index (χ2n) is 5.04. The van der Waals surface area contributed by atoms with Gasteiger partial charge < -0.3 is 14.0 Å². The van der Waals surface area contributed by atoms with E-state index in [-0.39, 0.29) is 18.0 Å². The van der Waals surface area contributed by atoms with Gasteiger partial charge in [-0.15, -0.1) is 0 Å². The fourth-order valence-corrected chi connectivity index (χ4v) is 2.95. The quantitative estimate of drug-likeness (QED) is 0.663. The van der Waals surface area contributed by atoms with Crippen molar-refractivity contribution in [3.8, 4) is 0 Å². The van der Waals surface area contributed by atoms with Gasteiger partial charge >= 0.3 is 0 Å². The minimum atomic E-state index is -0.00949. The van der Waals surface area contributed by atoms with E-state index in [0.717, 1.165) is 23.7 Å². The first-order chi connectivity index (χ1) is 9.83. The molecule has 5 nitrogen and oxygen atoms in total. The Morgan fingerprint density at radius 3 is 2.50 bits per heavy atom. The van der Waals surface area contributed by atoms with E-state index in [1.54, 1.807) is 12.5 Å². The molecule has 0 aromatic carbocycles. The molecule has 5 heteroatoms. The van der Waals surface area contributed by atoms with Gasteiger partial charge in [0, 0.05) is 12.3 Å². The number of oxime groups is 1. The Hall–Kier alpha value is -2.01. The molecular formula is C15H18N2O3. The number of rotatable bonds is 3. The van der Waals surface area contributed by atoms with Gasteiger partial charge in [-0.25, -0.2) is 0 Å². The highest BCUT2D eigenvalue weighted by atomic mass is 16.4. The summed E-state index contributed by atoms with van der Waals surface area (Å²) in [5, 5.41) is 16.4. The van der Waals surface area contributed by atoms with E-state index in [4.69, 9.17) is 8.83 Å². The molecule has 2 N–H and O–H groups in total. The van der Waals surface area contributed by atoms with E-state index in [2.05, 4.69) is 17.4 Å². The summed E-state index contributed by atoms with van der Waals surface area (Å²) in [5.74, 6) is 1.82. The van der Waals surface area contributed by atoms with Gasteiger partial charge in [-0.2, -0.15) is 0 Å². The number of hydrogen-bond acceptors (Lipinski definition) is 5. The van der Waals surface area contributed by atoms with Gasteiger partial charge in [-0.3, -0.25) is 5.32 Å². The summed E-state index contributed by atoms with van der Waals surface area (Å²) >= 11 is 0. The lowest BCUT2D eigenvalue weighted by Gasteiger charge is -2.35. The molecule has 0 radical (unpaired) electrons. The lowest BCUT2D eigenvalue weighted by atomic mass is 9.82. The van der Waals surface area contributed by atoms with Crippen LogP contribution in [0.3, 0.4) is 0 Å². The van der Waals surface area contributed by atoms with Crippen molar-refractivity contribution in [3.63, 3.8) is 0 Å². The van der Waals surface area contributed by atoms with Crippen LogP contribution in [0.5, 0.6) is 0 Å². The molecular weight excluding hydrogens is 256 g/mol. The lowest BCUT2D eigenvalue weighted by Crippen LogP contribution is -2.42. The highest BCUT2D eigenvalue weighted by Gasteiger charge is 2.37. The van der Waals surface area contributed by atoms with Crippen LogP contribution in [0.2, 0.25) is 0 Å². The lowest BCUT2D eigenvalue weighted by molar-refractivity contribution is 0.256. The minimum Gasteiger partial charge on any atom is -0.468 e. The maximum absolute atomic E-state index is 9.32. The maximum Gasteiger partial charge on any atom is 0.121 e. The van der Waals surface area contributed by atoms with Crippen LogP contribution in [0.1, 0.15) is 43.4 Å². The zero-order valence-electron chi connectivity index (χ0n) is 11.3. The molecule has 0 saturated carbocycles. The van der Waals surface area contributed by atoms with E-state index in [1.165, 1.54) is 0 Å². The van der Waals surface area contributed by atoms with E-state index in [1.807, 2.05) is 24.3 Å². The smallest absolute Gasteiger partial charge is 0.121 e. The highest BCUT2D eigenvalue weighted by Crippen LogP contribution is 2.37. The Morgan fingerprint density at radius 1 is 1.25 bits per heavy atom. The molecule has 106 valence electrons. The minimum absolute atomic E-state index is 0.00574. The van der Waals surface area contributed by atoms with Crippen LogP contribution in [-0.4, -0.2) is 10.9 Å². The molecule has 2 aromatic rings. The molecule has 0 aliphatic carbocycles.